The summed E-state index contributed by atoms with van der Waals surface area (Å²) in [4.78, 5) is 0. The highest BCUT2D eigenvalue weighted by Crippen LogP contribution is 2.29. The third-order valence-corrected chi connectivity index (χ3v) is 1.55. The molecule has 1 unspecified atom stereocenters. The van der Waals surface area contributed by atoms with Gasteiger partial charge in [0, 0.05) is 6.20 Å². The van der Waals surface area contributed by atoms with Crippen molar-refractivity contribution in [3.05, 3.63) is 23.9 Å². The Balaban J connectivity index is 2.77. The molecule has 13 heavy (non-hydrogen) atoms. The van der Waals surface area contributed by atoms with Crippen LogP contribution in [0.5, 0.6) is 0 Å². The van der Waals surface area contributed by atoms with E-state index in [0.717, 1.165) is 0 Å². The first-order chi connectivity index (χ1) is 5.87. The van der Waals surface area contributed by atoms with Gasteiger partial charge in [0.15, 0.2) is 0 Å². The normalized spacial score (nSPS) is 28.2. The number of hydrogen-bond donors (Lipinski definition) is 2. The van der Waals surface area contributed by atoms with Gasteiger partial charge in [-0.3, -0.25) is 0 Å². The van der Waals surface area contributed by atoms with Crippen molar-refractivity contribution in [3.8, 4) is 0 Å². The van der Waals surface area contributed by atoms with Gasteiger partial charge >= 0.3 is 6.18 Å². The highest BCUT2D eigenvalue weighted by atomic mass is 19.4. The third kappa shape index (κ3) is 2.21. The molecule has 0 saturated heterocycles. The van der Waals surface area contributed by atoms with E-state index in [2.05, 4.69) is 0 Å². The number of rotatable bonds is 1. The maximum absolute atomic E-state index is 13.0. The van der Waals surface area contributed by atoms with Crippen molar-refractivity contribution >= 4 is 0 Å². The largest absolute Gasteiger partial charge is 0.417 e. The molecule has 74 valence electrons. The first-order valence-electron chi connectivity index (χ1n) is 3.41. The average molecular weight is 197 g/mol. The van der Waals surface area contributed by atoms with Gasteiger partial charge in [0.2, 0.25) is 5.79 Å². The van der Waals surface area contributed by atoms with Crippen LogP contribution in [0.25, 0.3) is 0 Å². The lowest BCUT2D eigenvalue weighted by molar-refractivity contribution is -0.0895. The van der Waals surface area contributed by atoms with Gasteiger partial charge in [0.1, 0.15) is 0 Å². The number of alkyl halides is 4. The Bertz CT molecular complexity index is 258. The zero-order valence-corrected chi connectivity index (χ0v) is 6.40. The Hall–Kier alpha value is -1.04. The highest BCUT2D eigenvalue weighted by Gasteiger charge is 2.36. The maximum atomic E-state index is 13.0. The molecule has 0 saturated carbocycles. The Morgan fingerprint density at radius 2 is 2.08 bits per heavy atom. The van der Waals surface area contributed by atoms with E-state index < -0.39 is 24.1 Å². The summed E-state index contributed by atoms with van der Waals surface area (Å²) in [5, 5.41) is 10.3. The number of allylic oxidation sites excluding steroid dienone is 2. The van der Waals surface area contributed by atoms with Crippen molar-refractivity contribution in [2.75, 3.05) is 6.61 Å². The van der Waals surface area contributed by atoms with Crippen molar-refractivity contribution in [2.24, 2.45) is 0 Å². The lowest BCUT2D eigenvalue weighted by Gasteiger charge is -2.24. The monoisotopic (exact) mass is 197 g/mol. The van der Waals surface area contributed by atoms with E-state index in [9.17, 15) is 17.6 Å². The van der Waals surface area contributed by atoms with Crippen molar-refractivity contribution < 1.29 is 22.7 Å². The molecule has 1 atom stereocenters. The maximum Gasteiger partial charge on any atom is 0.417 e. The summed E-state index contributed by atoms with van der Waals surface area (Å²) in [5.74, 6) is -2.28. The van der Waals surface area contributed by atoms with Gasteiger partial charge in [-0.2, -0.15) is 13.2 Å². The molecule has 1 aliphatic rings. The lowest BCUT2D eigenvalue weighted by atomic mass is 10.1. The van der Waals surface area contributed by atoms with Crippen molar-refractivity contribution in [1.82, 2.24) is 5.32 Å². The Morgan fingerprint density at radius 1 is 1.46 bits per heavy atom. The molecule has 6 heteroatoms. The molecule has 0 aromatic rings. The summed E-state index contributed by atoms with van der Waals surface area (Å²) >= 11 is 0. The van der Waals surface area contributed by atoms with Gasteiger partial charge < -0.3 is 10.4 Å². The molecule has 1 rings (SSSR count). The molecular formula is C7H7F4NO. The smallest absolute Gasteiger partial charge is 0.391 e. The van der Waals surface area contributed by atoms with Crippen LogP contribution in [0.1, 0.15) is 0 Å². The molecule has 0 spiro atoms. The van der Waals surface area contributed by atoms with Gasteiger partial charge in [-0.05, 0) is 12.2 Å². The number of nitrogens with one attached hydrogen (secondary N) is 1. The van der Waals surface area contributed by atoms with E-state index in [4.69, 9.17) is 5.11 Å². The zero-order chi connectivity index (χ0) is 10.1. The summed E-state index contributed by atoms with van der Waals surface area (Å²) in [6.45, 7) is -0.912. The minimum atomic E-state index is -4.50. The fraction of sp³-hybridized carbons (Fsp3) is 0.429. The second kappa shape index (κ2) is 3.02. The quantitative estimate of drug-likeness (QED) is 0.489. The lowest BCUT2D eigenvalue weighted by Crippen LogP contribution is -2.41. The topological polar surface area (TPSA) is 32.3 Å². The standard InChI is InChI=1S/C7H7F4NO/c8-6(4-13)2-1-5(3-12-6)7(9,10)11/h1-3,12-13H,4H2. The molecular weight excluding hydrogens is 190 g/mol. The summed E-state index contributed by atoms with van der Waals surface area (Å²) in [6, 6.07) is 0. The predicted molar refractivity (Wildman–Crippen MR) is 37.3 cm³/mol. The number of dihydropyridines is 1. The van der Waals surface area contributed by atoms with Gasteiger partial charge in [-0.1, -0.05) is 0 Å². The second-order valence-electron chi connectivity index (χ2n) is 2.60. The highest BCUT2D eigenvalue weighted by molar-refractivity contribution is 5.29. The summed E-state index contributed by atoms with van der Waals surface area (Å²) < 4.78 is 48.9. The Kier molecular flexibility index (Phi) is 2.34. The van der Waals surface area contributed by atoms with Gasteiger partial charge in [0.25, 0.3) is 0 Å². The molecule has 0 aliphatic carbocycles. The minimum absolute atomic E-state index is 0.496. The Labute approximate surface area is 71.6 Å². The summed E-state index contributed by atoms with van der Waals surface area (Å²) in [6.07, 6.45) is -2.78. The summed E-state index contributed by atoms with van der Waals surface area (Å²) in [5.41, 5.74) is -0.978. The molecule has 0 bridgehead atoms. The fourth-order valence-electron chi connectivity index (χ4n) is 0.790. The SMILES string of the molecule is OCC1(F)C=CC(C(F)(F)F)=CN1. The van der Waals surface area contributed by atoms with E-state index in [1.54, 1.807) is 0 Å². The van der Waals surface area contributed by atoms with Crippen LogP contribution in [0.4, 0.5) is 17.6 Å². The average Bonchev–Trinajstić information content (AvgIpc) is 2.04. The molecule has 0 radical (unpaired) electrons. The molecule has 0 aromatic heterocycles. The van der Waals surface area contributed by atoms with Crippen LogP contribution in [0, 0.1) is 0 Å². The van der Waals surface area contributed by atoms with Crippen LogP contribution in [0.3, 0.4) is 0 Å². The van der Waals surface area contributed by atoms with Gasteiger partial charge in [-0.15, -0.1) is 0 Å². The minimum Gasteiger partial charge on any atom is -0.391 e. The van der Waals surface area contributed by atoms with Gasteiger partial charge in [0.05, 0.1) is 12.2 Å². The van der Waals surface area contributed by atoms with E-state index >= 15 is 0 Å². The molecule has 1 aliphatic heterocycles. The predicted octanol–water partition coefficient (Wildman–Crippen LogP) is 1.25. The molecule has 0 aromatic carbocycles. The molecule has 0 amide bonds. The van der Waals surface area contributed by atoms with Crippen LogP contribution in [-0.2, 0) is 0 Å². The van der Waals surface area contributed by atoms with Crippen LogP contribution in [-0.4, -0.2) is 23.7 Å². The number of aliphatic hydroxyl groups is 1. The van der Waals surface area contributed by atoms with Crippen LogP contribution < -0.4 is 5.32 Å². The second-order valence-corrected chi connectivity index (χ2v) is 2.60. The molecule has 1 heterocycles. The van der Waals surface area contributed by atoms with Crippen molar-refractivity contribution in [2.45, 2.75) is 12.0 Å². The first kappa shape index (κ1) is 10.0. The molecule has 0 fully saturated rings. The van der Waals surface area contributed by atoms with E-state index in [0.29, 0.717) is 18.4 Å². The fourth-order valence-corrected chi connectivity index (χ4v) is 0.790. The molecule has 2 nitrogen and oxygen atoms in total. The van der Waals surface area contributed by atoms with E-state index in [1.807, 2.05) is 5.32 Å². The van der Waals surface area contributed by atoms with Gasteiger partial charge in [-0.25, -0.2) is 4.39 Å². The van der Waals surface area contributed by atoms with Crippen molar-refractivity contribution in [1.29, 1.82) is 0 Å². The Morgan fingerprint density at radius 3 is 2.38 bits per heavy atom. The van der Waals surface area contributed by atoms with Crippen LogP contribution >= 0.6 is 0 Å². The molecule has 2 N–H and O–H groups in total. The number of aliphatic hydroxyl groups excluding tert-OH is 1. The van der Waals surface area contributed by atoms with E-state index in [1.165, 1.54) is 0 Å². The summed E-state index contributed by atoms with van der Waals surface area (Å²) in [7, 11) is 0. The number of halogens is 4. The zero-order valence-electron chi connectivity index (χ0n) is 6.40. The van der Waals surface area contributed by atoms with Crippen molar-refractivity contribution in [3.63, 3.8) is 0 Å². The van der Waals surface area contributed by atoms with Crippen LogP contribution in [0.2, 0.25) is 0 Å². The van der Waals surface area contributed by atoms with E-state index in [-0.39, 0.29) is 0 Å². The van der Waals surface area contributed by atoms with Crippen LogP contribution in [0.15, 0.2) is 23.9 Å². The first-order valence-corrected chi connectivity index (χ1v) is 3.41. The number of hydrogen-bond acceptors (Lipinski definition) is 2. The third-order valence-electron chi connectivity index (χ3n) is 1.55.